The van der Waals surface area contributed by atoms with Gasteiger partial charge in [0.15, 0.2) is 6.29 Å². The van der Waals surface area contributed by atoms with Gasteiger partial charge >= 0.3 is 6.09 Å². The highest BCUT2D eigenvalue weighted by molar-refractivity contribution is 5.85. The van der Waals surface area contributed by atoms with Crippen LogP contribution in [0, 0.1) is 5.92 Å². The third-order valence-corrected chi connectivity index (χ3v) is 4.90. The van der Waals surface area contributed by atoms with Crippen molar-refractivity contribution in [3.63, 3.8) is 0 Å². The summed E-state index contributed by atoms with van der Waals surface area (Å²) >= 11 is 0. The van der Waals surface area contributed by atoms with Crippen LogP contribution in [0.2, 0.25) is 0 Å². The van der Waals surface area contributed by atoms with Gasteiger partial charge in [-0.2, -0.15) is 0 Å². The molecule has 1 saturated carbocycles. The molecule has 1 heterocycles. The van der Waals surface area contributed by atoms with Gasteiger partial charge in [-0.05, 0) is 42.9 Å². The molecule has 1 amide bonds. The zero-order valence-corrected chi connectivity index (χ0v) is 13.5. The fourth-order valence-corrected chi connectivity index (χ4v) is 3.86. The van der Waals surface area contributed by atoms with Crippen molar-refractivity contribution in [3.8, 4) is 0 Å². The number of hydrogen-bond donors (Lipinski definition) is 0. The maximum absolute atomic E-state index is 12.4. The minimum absolute atomic E-state index is 0.0331. The fourth-order valence-electron chi connectivity index (χ4n) is 3.86. The van der Waals surface area contributed by atoms with Crippen molar-refractivity contribution >= 4 is 18.5 Å². The lowest BCUT2D eigenvalue weighted by Gasteiger charge is -2.39. The molecule has 1 aromatic carbocycles. The molecule has 1 unspecified atom stereocenters. The van der Waals surface area contributed by atoms with Gasteiger partial charge in [-0.3, -0.25) is 9.69 Å². The molecule has 0 aromatic heterocycles. The lowest BCUT2D eigenvalue weighted by atomic mass is 9.78. The first kappa shape index (κ1) is 15.8. The molecule has 23 heavy (non-hydrogen) atoms. The fraction of sp³-hybridized carbons (Fsp3) is 0.474. The van der Waals surface area contributed by atoms with Crippen LogP contribution < -0.4 is 0 Å². The monoisotopic (exact) mass is 313 g/mol. The Morgan fingerprint density at radius 1 is 1.30 bits per heavy atom. The maximum Gasteiger partial charge on any atom is 0.414 e. The quantitative estimate of drug-likeness (QED) is 0.768. The molecule has 1 atom stereocenters. The Labute approximate surface area is 137 Å². The zero-order valence-electron chi connectivity index (χ0n) is 13.5. The average Bonchev–Trinajstić information content (AvgIpc) is 2.61. The van der Waals surface area contributed by atoms with E-state index in [1.807, 2.05) is 31.2 Å². The molecule has 0 radical (unpaired) electrons. The maximum atomic E-state index is 12.4. The molecular formula is C19H23NO3. The first-order chi connectivity index (χ1) is 11.3. The Kier molecular flexibility index (Phi) is 4.79. The first-order valence-corrected chi connectivity index (χ1v) is 8.47. The molecule has 0 bridgehead atoms. The number of amides is 1. The molecule has 0 saturated heterocycles. The van der Waals surface area contributed by atoms with Crippen molar-refractivity contribution in [1.29, 1.82) is 0 Å². The molecule has 4 nitrogen and oxygen atoms in total. The Hall–Kier alpha value is -2.10. The second-order valence-corrected chi connectivity index (χ2v) is 6.23. The Morgan fingerprint density at radius 2 is 2.09 bits per heavy atom. The van der Waals surface area contributed by atoms with Crippen molar-refractivity contribution in [3.05, 3.63) is 41.1 Å². The van der Waals surface area contributed by atoms with Gasteiger partial charge in [-0.25, -0.2) is 4.79 Å². The standard InChI is InChI=1S/C19H23NO3/c1-2-23-19(22)20-12-11-16-15(13-21)9-6-10-17(16)18(20)14-7-4-3-5-8-14/h6,9-14,18H,2-5,7-8H2,1H3. The summed E-state index contributed by atoms with van der Waals surface area (Å²) in [6.07, 6.45) is 10.1. The van der Waals surface area contributed by atoms with Gasteiger partial charge in [-0.1, -0.05) is 37.5 Å². The van der Waals surface area contributed by atoms with E-state index >= 15 is 0 Å². The van der Waals surface area contributed by atoms with Crippen LogP contribution in [0.4, 0.5) is 4.79 Å². The highest BCUT2D eigenvalue weighted by Crippen LogP contribution is 2.43. The van der Waals surface area contributed by atoms with Crippen molar-refractivity contribution in [2.24, 2.45) is 5.92 Å². The highest BCUT2D eigenvalue weighted by atomic mass is 16.6. The highest BCUT2D eigenvalue weighted by Gasteiger charge is 2.36. The minimum Gasteiger partial charge on any atom is -0.449 e. The lowest BCUT2D eigenvalue weighted by molar-refractivity contribution is 0.0898. The molecular weight excluding hydrogens is 290 g/mol. The largest absolute Gasteiger partial charge is 0.449 e. The van der Waals surface area contributed by atoms with Gasteiger partial charge in [0.05, 0.1) is 12.6 Å². The van der Waals surface area contributed by atoms with E-state index in [9.17, 15) is 9.59 Å². The van der Waals surface area contributed by atoms with Crippen LogP contribution in [0.25, 0.3) is 6.08 Å². The molecule has 1 fully saturated rings. The number of fused-ring (bicyclic) bond motifs is 1. The first-order valence-electron chi connectivity index (χ1n) is 8.47. The van der Waals surface area contributed by atoms with Crippen molar-refractivity contribution in [1.82, 2.24) is 4.90 Å². The molecule has 0 N–H and O–H groups in total. The molecule has 4 heteroatoms. The van der Waals surface area contributed by atoms with E-state index < -0.39 is 0 Å². The van der Waals surface area contributed by atoms with E-state index in [-0.39, 0.29) is 12.1 Å². The topological polar surface area (TPSA) is 46.6 Å². The SMILES string of the molecule is CCOC(=O)N1C=Cc2c(C=O)cccc2C1C1CCCCC1. The number of benzene rings is 1. The van der Waals surface area contributed by atoms with E-state index in [0.29, 0.717) is 18.1 Å². The van der Waals surface area contributed by atoms with E-state index in [1.165, 1.54) is 19.3 Å². The Morgan fingerprint density at radius 3 is 2.78 bits per heavy atom. The number of aldehydes is 1. The Balaban J connectivity index is 2.02. The van der Waals surface area contributed by atoms with E-state index in [1.54, 1.807) is 11.1 Å². The molecule has 0 spiro atoms. The summed E-state index contributed by atoms with van der Waals surface area (Å²) in [7, 11) is 0. The van der Waals surface area contributed by atoms with Gasteiger partial charge in [0.1, 0.15) is 0 Å². The number of ether oxygens (including phenoxy) is 1. The number of rotatable bonds is 3. The van der Waals surface area contributed by atoms with Crippen LogP contribution in [0.5, 0.6) is 0 Å². The summed E-state index contributed by atoms with van der Waals surface area (Å²) in [5.74, 6) is 0.416. The van der Waals surface area contributed by atoms with Gasteiger partial charge in [0.25, 0.3) is 0 Å². The summed E-state index contributed by atoms with van der Waals surface area (Å²) in [6, 6.07) is 5.74. The predicted molar refractivity (Wildman–Crippen MR) is 89.0 cm³/mol. The van der Waals surface area contributed by atoms with Crippen LogP contribution in [0.15, 0.2) is 24.4 Å². The summed E-state index contributed by atoms with van der Waals surface area (Å²) in [6.45, 7) is 2.18. The molecule has 122 valence electrons. The van der Waals surface area contributed by atoms with Gasteiger partial charge < -0.3 is 4.74 Å². The molecule has 2 aliphatic rings. The third kappa shape index (κ3) is 3.03. The molecule has 1 aliphatic heterocycles. The lowest BCUT2D eigenvalue weighted by Crippen LogP contribution is -2.38. The van der Waals surface area contributed by atoms with Crippen molar-refractivity contribution in [2.75, 3.05) is 6.61 Å². The molecule has 1 aromatic rings. The molecule has 3 rings (SSSR count). The third-order valence-electron chi connectivity index (χ3n) is 4.90. The predicted octanol–water partition coefficient (Wildman–Crippen LogP) is 4.56. The van der Waals surface area contributed by atoms with E-state index in [2.05, 4.69) is 0 Å². The second-order valence-electron chi connectivity index (χ2n) is 6.23. The summed E-state index contributed by atoms with van der Waals surface area (Å²) in [5.41, 5.74) is 2.69. The van der Waals surface area contributed by atoms with E-state index in [4.69, 9.17) is 4.74 Å². The van der Waals surface area contributed by atoms with Crippen molar-refractivity contribution < 1.29 is 14.3 Å². The molecule has 1 aliphatic carbocycles. The van der Waals surface area contributed by atoms with Crippen LogP contribution in [0.3, 0.4) is 0 Å². The average molecular weight is 313 g/mol. The van der Waals surface area contributed by atoms with E-state index in [0.717, 1.165) is 30.3 Å². The minimum atomic E-state index is -0.304. The van der Waals surface area contributed by atoms with Gasteiger partial charge in [-0.15, -0.1) is 0 Å². The summed E-state index contributed by atoms with van der Waals surface area (Å²) in [4.78, 5) is 25.5. The Bertz CT molecular complexity index is 617. The summed E-state index contributed by atoms with van der Waals surface area (Å²) < 4.78 is 5.24. The van der Waals surface area contributed by atoms with Gasteiger partial charge in [0.2, 0.25) is 0 Å². The summed E-state index contributed by atoms with van der Waals surface area (Å²) in [5, 5.41) is 0. The number of carbonyl (C=O) groups excluding carboxylic acids is 2. The normalized spacial score (nSPS) is 20.9. The number of carbonyl (C=O) groups is 2. The van der Waals surface area contributed by atoms with Crippen molar-refractivity contribution in [2.45, 2.75) is 45.1 Å². The number of nitrogens with zero attached hydrogens (tertiary/aromatic N) is 1. The van der Waals surface area contributed by atoms with Crippen LogP contribution in [-0.4, -0.2) is 23.9 Å². The zero-order chi connectivity index (χ0) is 16.2. The second kappa shape index (κ2) is 6.99. The smallest absolute Gasteiger partial charge is 0.414 e. The van der Waals surface area contributed by atoms with Crippen LogP contribution in [0.1, 0.15) is 66.6 Å². The number of hydrogen-bond acceptors (Lipinski definition) is 3. The van der Waals surface area contributed by atoms with Crippen LogP contribution >= 0.6 is 0 Å². The van der Waals surface area contributed by atoms with Gasteiger partial charge in [0, 0.05) is 11.8 Å². The van der Waals surface area contributed by atoms with Crippen LogP contribution in [-0.2, 0) is 4.74 Å².